The molecule has 0 radical (unpaired) electrons. The molecule has 1 spiro atoms. The second-order valence-electron chi connectivity index (χ2n) is 8.23. The average Bonchev–Trinajstić information content (AvgIpc) is 2.73. The summed E-state index contributed by atoms with van der Waals surface area (Å²) < 4.78 is 11.7. The van der Waals surface area contributed by atoms with E-state index < -0.39 is 0 Å². The molecule has 1 aromatic carbocycles. The number of ether oxygens (including phenoxy) is 2. The molecule has 3 heterocycles. The highest BCUT2D eigenvalue weighted by molar-refractivity contribution is 5.76. The van der Waals surface area contributed by atoms with Crippen LogP contribution in [0.4, 0.5) is 0 Å². The predicted octanol–water partition coefficient (Wildman–Crippen LogP) is 2.42. The zero-order valence-corrected chi connectivity index (χ0v) is 17.9. The van der Waals surface area contributed by atoms with Gasteiger partial charge in [-0.2, -0.15) is 4.98 Å². The van der Waals surface area contributed by atoms with Crippen LogP contribution in [0.2, 0.25) is 0 Å². The van der Waals surface area contributed by atoms with E-state index in [0.717, 1.165) is 36.3 Å². The van der Waals surface area contributed by atoms with Gasteiger partial charge < -0.3 is 19.4 Å². The summed E-state index contributed by atoms with van der Waals surface area (Å²) >= 11 is 0. The van der Waals surface area contributed by atoms with Crippen molar-refractivity contribution in [3.8, 4) is 5.75 Å². The van der Waals surface area contributed by atoms with Crippen LogP contribution in [-0.2, 0) is 28.0 Å². The topological polar surface area (TPSA) is 84.5 Å². The number of aromatic amines is 1. The number of likely N-dealkylation sites (tertiary alicyclic amines) is 1. The van der Waals surface area contributed by atoms with E-state index in [4.69, 9.17) is 9.47 Å². The van der Waals surface area contributed by atoms with Crippen LogP contribution in [0, 0.1) is 13.8 Å². The zero-order valence-electron chi connectivity index (χ0n) is 17.9. The zero-order chi connectivity index (χ0) is 21.3. The summed E-state index contributed by atoms with van der Waals surface area (Å²) in [6.07, 6.45) is 3.49. The van der Waals surface area contributed by atoms with Gasteiger partial charge in [-0.25, -0.2) is 4.79 Å². The van der Waals surface area contributed by atoms with Gasteiger partial charge in [0, 0.05) is 30.9 Å². The molecule has 1 fully saturated rings. The molecule has 1 saturated heterocycles. The van der Waals surface area contributed by atoms with Gasteiger partial charge >= 0.3 is 5.69 Å². The van der Waals surface area contributed by atoms with Gasteiger partial charge in [0.1, 0.15) is 5.75 Å². The first-order chi connectivity index (χ1) is 14.4. The quantitative estimate of drug-likeness (QED) is 0.835. The number of hydrogen-bond acceptors (Lipinski definition) is 5. The Morgan fingerprint density at radius 3 is 2.77 bits per heavy atom. The number of carbonyl (C=O) groups is 1. The smallest absolute Gasteiger partial charge is 0.345 e. The number of nitrogens with zero attached hydrogens (tertiary/aromatic N) is 2. The van der Waals surface area contributed by atoms with Gasteiger partial charge in [0.15, 0.2) is 0 Å². The van der Waals surface area contributed by atoms with Crippen LogP contribution in [0.3, 0.4) is 0 Å². The maximum absolute atomic E-state index is 12.8. The van der Waals surface area contributed by atoms with E-state index in [1.165, 1.54) is 11.1 Å². The lowest BCUT2D eigenvalue weighted by Crippen LogP contribution is -2.48. The number of hydrogen-bond donors (Lipinski definition) is 1. The molecule has 1 N–H and O–H groups in total. The highest BCUT2D eigenvalue weighted by atomic mass is 16.5. The van der Waals surface area contributed by atoms with Crippen molar-refractivity contribution in [2.24, 2.45) is 0 Å². The number of amides is 1. The molecule has 1 aromatic heterocycles. The van der Waals surface area contributed by atoms with Gasteiger partial charge in [0.05, 0.1) is 19.3 Å². The molecule has 2 aliphatic rings. The first-order valence-corrected chi connectivity index (χ1v) is 10.6. The van der Waals surface area contributed by atoms with E-state index in [1.807, 2.05) is 24.8 Å². The standard InChI is InChI=1S/C23H29N3O4/c1-15-19(16(2)25-22(28)24-15)5-7-21(27)26-11-9-23(10-12-26)20-6-4-18(29-3)14-17(20)8-13-30-23/h4,6,14H,5,7-13H2,1-3H3,(H,24,25,28). The second kappa shape index (κ2) is 8.22. The lowest BCUT2D eigenvalue weighted by Gasteiger charge is -2.45. The van der Waals surface area contributed by atoms with Crippen LogP contribution >= 0.6 is 0 Å². The highest BCUT2D eigenvalue weighted by Crippen LogP contribution is 2.42. The number of H-pyrrole nitrogens is 1. The Kier molecular flexibility index (Phi) is 5.64. The number of nitrogens with one attached hydrogen (secondary N) is 1. The number of aromatic nitrogens is 2. The van der Waals surface area contributed by atoms with Gasteiger partial charge in [-0.15, -0.1) is 0 Å². The van der Waals surface area contributed by atoms with Gasteiger partial charge in [-0.05, 0) is 68.4 Å². The van der Waals surface area contributed by atoms with Crippen LogP contribution in [-0.4, -0.2) is 47.6 Å². The maximum Gasteiger partial charge on any atom is 0.345 e. The van der Waals surface area contributed by atoms with E-state index >= 15 is 0 Å². The Bertz CT molecular complexity index is 980. The number of piperidine rings is 1. The van der Waals surface area contributed by atoms with E-state index in [1.54, 1.807) is 7.11 Å². The fourth-order valence-corrected chi connectivity index (χ4v) is 4.83. The molecule has 2 aromatic rings. The van der Waals surface area contributed by atoms with E-state index in [9.17, 15) is 9.59 Å². The molecule has 0 bridgehead atoms. The van der Waals surface area contributed by atoms with Crippen molar-refractivity contribution in [3.63, 3.8) is 0 Å². The van der Waals surface area contributed by atoms with Gasteiger partial charge in [0.25, 0.3) is 0 Å². The molecule has 1 amide bonds. The van der Waals surface area contributed by atoms with E-state index in [0.29, 0.717) is 38.2 Å². The predicted molar refractivity (Wildman–Crippen MR) is 113 cm³/mol. The Morgan fingerprint density at radius 1 is 1.30 bits per heavy atom. The summed E-state index contributed by atoms with van der Waals surface area (Å²) in [4.78, 5) is 32.9. The van der Waals surface area contributed by atoms with Crippen molar-refractivity contribution >= 4 is 5.91 Å². The average molecular weight is 412 g/mol. The Morgan fingerprint density at radius 2 is 2.07 bits per heavy atom. The molecular formula is C23H29N3O4. The van der Waals surface area contributed by atoms with E-state index in [-0.39, 0.29) is 17.2 Å². The third kappa shape index (κ3) is 3.86. The number of methoxy groups -OCH3 is 1. The first-order valence-electron chi connectivity index (χ1n) is 10.6. The molecular weight excluding hydrogens is 382 g/mol. The molecule has 7 heteroatoms. The summed E-state index contributed by atoms with van der Waals surface area (Å²) in [5.41, 5.74) is 4.34. The monoisotopic (exact) mass is 411 g/mol. The summed E-state index contributed by atoms with van der Waals surface area (Å²) in [5.74, 6) is 1.02. The summed E-state index contributed by atoms with van der Waals surface area (Å²) in [6, 6.07) is 6.23. The maximum atomic E-state index is 12.8. The number of carbonyl (C=O) groups excluding carboxylic acids is 1. The fourth-order valence-electron chi connectivity index (χ4n) is 4.83. The number of rotatable bonds is 4. The molecule has 160 valence electrons. The normalized spacial score (nSPS) is 17.6. The van der Waals surface area contributed by atoms with Gasteiger partial charge in [-0.3, -0.25) is 4.79 Å². The molecule has 2 aliphatic heterocycles. The molecule has 7 nitrogen and oxygen atoms in total. The van der Waals surface area contributed by atoms with Crippen molar-refractivity contribution in [1.82, 2.24) is 14.9 Å². The lowest BCUT2D eigenvalue weighted by atomic mass is 9.79. The molecule has 0 unspecified atom stereocenters. The van der Waals surface area contributed by atoms with Crippen LogP contribution in [0.15, 0.2) is 23.0 Å². The van der Waals surface area contributed by atoms with Crippen molar-refractivity contribution in [3.05, 3.63) is 56.8 Å². The number of aryl methyl sites for hydroxylation is 2. The van der Waals surface area contributed by atoms with Crippen molar-refractivity contribution < 1.29 is 14.3 Å². The van der Waals surface area contributed by atoms with Crippen LogP contribution in [0.25, 0.3) is 0 Å². The molecule has 0 saturated carbocycles. The van der Waals surface area contributed by atoms with Crippen LogP contribution in [0.1, 0.15) is 47.3 Å². The van der Waals surface area contributed by atoms with Crippen LogP contribution in [0.5, 0.6) is 5.75 Å². The number of fused-ring (bicyclic) bond motifs is 2. The van der Waals surface area contributed by atoms with Crippen molar-refractivity contribution in [2.45, 2.75) is 51.6 Å². The first kappa shape index (κ1) is 20.6. The Balaban J connectivity index is 1.41. The Labute approximate surface area is 176 Å². The minimum absolute atomic E-state index is 0.139. The van der Waals surface area contributed by atoms with E-state index in [2.05, 4.69) is 22.1 Å². The summed E-state index contributed by atoms with van der Waals surface area (Å²) in [6.45, 7) is 5.75. The van der Waals surface area contributed by atoms with Crippen LogP contribution < -0.4 is 10.4 Å². The second-order valence-corrected chi connectivity index (χ2v) is 8.23. The molecule has 30 heavy (non-hydrogen) atoms. The van der Waals surface area contributed by atoms with Crippen molar-refractivity contribution in [1.29, 1.82) is 0 Å². The van der Waals surface area contributed by atoms with Gasteiger partial charge in [-0.1, -0.05) is 6.07 Å². The molecule has 4 rings (SSSR count). The minimum Gasteiger partial charge on any atom is -0.497 e. The molecule has 0 aliphatic carbocycles. The Hall–Kier alpha value is -2.67. The lowest BCUT2D eigenvalue weighted by molar-refractivity contribution is -0.140. The third-order valence-electron chi connectivity index (χ3n) is 6.52. The number of benzene rings is 1. The summed E-state index contributed by atoms with van der Waals surface area (Å²) in [7, 11) is 1.69. The van der Waals surface area contributed by atoms with Crippen molar-refractivity contribution in [2.75, 3.05) is 26.8 Å². The summed E-state index contributed by atoms with van der Waals surface area (Å²) in [5, 5.41) is 0. The molecule has 0 atom stereocenters. The van der Waals surface area contributed by atoms with Gasteiger partial charge in [0.2, 0.25) is 5.91 Å². The largest absolute Gasteiger partial charge is 0.497 e. The third-order valence-corrected chi connectivity index (χ3v) is 6.52. The minimum atomic E-state index is -0.341. The highest BCUT2D eigenvalue weighted by Gasteiger charge is 2.41. The SMILES string of the molecule is COc1ccc2c(c1)CCOC21CCN(C(=O)CCc2c(C)nc(=O)[nH]c2C)CC1. The fraction of sp³-hybridized carbons (Fsp3) is 0.522.